The second-order valence-electron chi connectivity index (χ2n) is 23.4. The lowest BCUT2D eigenvalue weighted by Crippen LogP contribution is -2.72. The van der Waals surface area contributed by atoms with Crippen molar-refractivity contribution in [2.24, 2.45) is 50.2 Å². The highest BCUT2D eigenvalue weighted by molar-refractivity contribution is 5.79. The zero-order valence-corrected chi connectivity index (χ0v) is 40.0. The van der Waals surface area contributed by atoms with Crippen LogP contribution in [0.15, 0.2) is 11.6 Å². The Morgan fingerprint density at radius 1 is 0.676 bits per heavy atom. The molecule has 12 N–H and O–H groups in total. The van der Waals surface area contributed by atoms with Gasteiger partial charge in [0, 0.05) is 5.92 Å². The molecular formula is C48H76O20. The molecule has 7 fully saturated rings. The van der Waals surface area contributed by atoms with Crippen molar-refractivity contribution in [2.45, 2.75) is 210 Å². The molecule has 3 heterocycles. The minimum Gasteiger partial charge on any atom is -0.432 e. The number of fused-ring (bicyclic) bond motifs is 7. The Bertz CT molecular complexity index is 1900. The summed E-state index contributed by atoms with van der Waals surface area (Å²) in [5.41, 5.74) is -4.02. The summed E-state index contributed by atoms with van der Waals surface area (Å²) in [5, 5.41) is 131. The van der Waals surface area contributed by atoms with E-state index in [1.165, 1.54) is 6.92 Å². The minimum absolute atomic E-state index is 0.0348. The number of carbonyl (C=O) groups is 2. The molecule has 5 aliphatic carbocycles. The Morgan fingerprint density at radius 3 is 1.90 bits per heavy atom. The van der Waals surface area contributed by atoms with Gasteiger partial charge in [0.05, 0.1) is 48.5 Å². The number of aliphatic hydroxyl groups excluding tert-OH is 12. The summed E-state index contributed by atoms with van der Waals surface area (Å²) >= 11 is 0. The van der Waals surface area contributed by atoms with Gasteiger partial charge in [0.1, 0.15) is 73.4 Å². The van der Waals surface area contributed by atoms with Gasteiger partial charge in [-0.2, -0.15) is 0 Å². The van der Waals surface area contributed by atoms with Crippen molar-refractivity contribution in [2.75, 3.05) is 13.2 Å². The first-order valence-electron chi connectivity index (χ1n) is 24.4. The zero-order chi connectivity index (χ0) is 50.0. The van der Waals surface area contributed by atoms with E-state index in [1.807, 2.05) is 6.92 Å². The average molecular weight is 973 g/mol. The number of esters is 1. The molecule has 388 valence electrons. The van der Waals surface area contributed by atoms with Crippen LogP contribution in [0.1, 0.15) is 99.8 Å². The first-order chi connectivity index (χ1) is 31.7. The number of hydrogen-bond donors (Lipinski definition) is 12. The van der Waals surface area contributed by atoms with E-state index >= 15 is 0 Å². The maximum atomic E-state index is 14.7. The van der Waals surface area contributed by atoms with Gasteiger partial charge in [0.25, 0.3) is 0 Å². The molecule has 0 aromatic carbocycles. The highest BCUT2D eigenvalue weighted by atomic mass is 16.8. The van der Waals surface area contributed by atoms with Crippen LogP contribution in [-0.2, 0) is 38.0 Å². The molecule has 3 saturated heterocycles. The van der Waals surface area contributed by atoms with E-state index in [4.69, 9.17) is 28.4 Å². The molecule has 20 nitrogen and oxygen atoms in total. The molecule has 26 atom stereocenters. The number of carbonyl (C=O) groups excluding carboxylic acids is 2. The number of allylic oxidation sites excluding steroid dienone is 2. The second kappa shape index (κ2) is 18.3. The van der Waals surface area contributed by atoms with E-state index in [-0.39, 0.29) is 30.1 Å². The standard InChI is InChI=1S/C48H76O20/c1-20-28(54)31(57)34(60)39(63-20)66-36-33(59)30(56)26(18-50)65-41(36)67-38-24(53)15-44(4)27-9-8-21-22-14-43(2,3)10-12-48(22,42(62)68-40-35(61)32(58)29(55)25(17-49)64-40)13-11-46(21,6)47(27,7)16-23(52)37(44)45(38,5)19-51/h8,19-20,22-41,49-50,52-61H,9-18H2,1-7H3. The van der Waals surface area contributed by atoms with E-state index in [2.05, 4.69) is 33.8 Å². The van der Waals surface area contributed by atoms with Gasteiger partial charge in [0.15, 0.2) is 12.6 Å². The molecule has 8 aliphatic rings. The maximum absolute atomic E-state index is 14.7. The highest BCUT2D eigenvalue weighted by Crippen LogP contribution is 2.76. The largest absolute Gasteiger partial charge is 0.432 e. The predicted octanol–water partition coefficient (Wildman–Crippen LogP) is -1.71. The van der Waals surface area contributed by atoms with Gasteiger partial charge >= 0.3 is 5.97 Å². The molecular weight excluding hydrogens is 897 g/mol. The summed E-state index contributed by atoms with van der Waals surface area (Å²) in [6, 6.07) is 0. The number of hydrogen-bond acceptors (Lipinski definition) is 20. The SMILES string of the molecule is CC1OC(OC2C(OC3C(O)CC4(C)C(C(O)CC5(C)C4CC=C4C6CC(C)(C)CCC6(C(=O)OC6OC(CO)C(O)C(O)C6O)CCC45C)C3(C)C=O)OC(CO)C(O)C2O)C(O)C(O)C1O. The van der Waals surface area contributed by atoms with E-state index in [0.717, 1.165) is 5.57 Å². The Balaban J connectivity index is 1.10. The van der Waals surface area contributed by atoms with Gasteiger partial charge in [-0.25, -0.2) is 0 Å². The molecule has 4 saturated carbocycles. The maximum Gasteiger partial charge on any atom is 0.315 e. The van der Waals surface area contributed by atoms with Crippen LogP contribution in [0.3, 0.4) is 0 Å². The van der Waals surface area contributed by atoms with E-state index in [1.54, 1.807) is 6.92 Å². The number of aliphatic hydroxyl groups is 12. The minimum atomic E-state index is -1.85. The van der Waals surface area contributed by atoms with Crippen LogP contribution in [0.25, 0.3) is 0 Å². The van der Waals surface area contributed by atoms with Crippen molar-refractivity contribution in [1.82, 2.24) is 0 Å². The van der Waals surface area contributed by atoms with Crippen LogP contribution >= 0.6 is 0 Å². The third kappa shape index (κ3) is 7.90. The Kier molecular flexibility index (Phi) is 14.1. The van der Waals surface area contributed by atoms with Crippen LogP contribution in [0, 0.1) is 50.2 Å². The van der Waals surface area contributed by atoms with Crippen LogP contribution in [0.4, 0.5) is 0 Å². The molecule has 20 heteroatoms. The molecule has 0 aromatic rings. The van der Waals surface area contributed by atoms with Gasteiger partial charge in [0.2, 0.25) is 6.29 Å². The quantitative estimate of drug-likeness (QED) is 0.0530. The fourth-order valence-corrected chi connectivity index (χ4v) is 15.1. The van der Waals surface area contributed by atoms with Crippen molar-refractivity contribution in [3.8, 4) is 0 Å². The topological polar surface area (TPSA) is 332 Å². The Labute approximate surface area is 396 Å². The average Bonchev–Trinajstić information content (AvgIpc) is 3.28. The highest BCUT2D eigenvalue weighted by Gasteiger charge is 2.73. The van der Waals surface area contributed by atoms with E-state index < -0.39 is 163 Å². The van der Waals surface area contributed by atoms with Gasteiger partial charge in [-0.3, -0.25) is 4.79 Å². The molecule has 68 heavy (non-hydrogen) atoms. The summed E-state index contributed by atoms with van der Waals surface area (Å²) < 4.78 is 35.5. The number of rotatable bonds is 9. The molecule has 26 unspecified atom stereocenters. The molecule has 3 aliphatic heterocycles. The lowest BCUT2D eigenvalue weighted by atomic mass is 9.33. The summed E-state index contributed by atoms with van der Waals surface area (Å²) in [5.74, 6) is -2.00. The first kappa shape index (κ1) is 52.5. The van der Waals surface area contributed by atoms with E-state index in [9.17, 15) is 70.9 Å². The van der Waals surface area contributed by atoms with Crippen molar-refractivity contribution in [1.29, 1.82) is 0 Å². The second-order valence-corrected chi connectivity index (χ2v) is 23.4. The summed E-state index contributed by atoms with van der Waals surface area (Å²) in [6.07, 6.45) is -21.9. The molecule has 0 radical (unpaired) electrons. The lowest BCUT2D eigenvalue weighted by Gasteiger charge is -2.72. The van der Waals surface area contributed by atoms with Gasteiger partial charge in [-0.15, -0.1) is 0 Å². The summed E-state index contributed by atoms with van der Waals surface area (Å²) in [4.78, 5) is 28.5. The van der Waals surface area contributed by atoms with Crippen molar-refractivity contribution in [3.63, 3.8) is 0 Å². The number of aldehydes is 1. The Morgan fingerprint density at radius 2 is 1.26 bits per heavy atom. The normalized spacial score (nSPS) is 55.6. The van der Waals surface area contributed by atoms with Crippen LogP contribution in [0.5, 0.6) is 0 Å². The smallest absolute Gasteiger partial charge is 0.315 e. The van der Waals surface area contributed by atoms with E-state index in [0.29, 0.717) is 44.8 Å². The molecule has 0 spiro atoms. The molecule has 0 bridgehead atoms. The first-order valence-corrected chi connectivity index (χ1v) is 24.4. The van der Waals surface area contributed by atoms with Crippen LogP contribution in [0.2, 0.25) is 0 Å². The fourth-order valence-electron chi connectivity index (χ4n) is 15.1. The third-order valence-electron chi connectivity index (χ3n) is 19.1. The van der Waals surface area contributed by atoms with Gasteiger partial charge in [-0.05, 0) is 98.7 Å². The Hall–Kier alpha value is -1.80. The molecule has 8 rings (SSSR count). The van der Waals surface area contributed by atoms with Gasteiger partial charge in [-0.1, -0.05) is 46.3 Å². The summed E-state index contributed by atoms with van der Waals surface area (Å²) in [7, 11) is 0. The predicted molar refractivity (Wildman–Crippen MR) is 232 cm³/mol. The van der Waals surface area contributed by atoms with Gasteiger partial charge < -0.3 is 94.5 Å². The van der Waals surface area contributed by atoms with Crippen molar-refractivity contribution in [3.05, 3.63) is 11.6 Å². The molecule has 0 aromatic heterocycles. The molecule has 0 amide bonds. The monoisotopic (exact) mass is 972 g/mol. The van der Waals surface area contributed by atoms with Crippen molar-refractivity contribution >= 4 is 12.3 Å². The summed E-state index contributed by atoms with van der Waals surface area (Å²) in [6.45, 7) is 12.2. The lowest BCUT2D eigenvalue weighted by molar-refractivity contribution is -0.381. The van der Waals surface area contributed by atoms with Crippen molar-refractivity contribution < 1.29 is 99.3 Å². The number of ether oxygens (including phenoxy) is 6. The fraction of sp³-hybridized carbons (Fsp3) is 0.917. The third-order valence-corrected chi connectivity index (χ3v) is 19.1. The van der Waals surface area contributed by atoms with Crippen LogP contribution < -0.4 is 0 Å². The zero-order valence-electron chi connectivity index (χ0n) is 40.0. The van der Waals surface area contributed by atoms with Crippen LogP contribution in [-0.4, -0.2) is 197 Å².